The molecule has 0 aliphatic rings. The van der Waals surface area contributed by atoms with Crippen LogP contribution >= 0.6 is 11.6 Å². The zero-order chi connectivity index (χ0) is 13.3. The summed E-state index contributed by atoms with van der Waals surface area (Å²) in [4.78, 5) is 11.1. The molecule has 0 aliphatic heterocycles. The summed E-state index contributed by atoms with van der Waals surface area (Å²) in [5.41, 5.74) is 0.255. The summed E-state index contributed by atoms with van der Waals surface area (Å²) in [6, 6.07) is 7.16. The van der Waals surface area contributed by atoms with Gasteiger partial charge in [0, 0.05) is 10.6 Å². The quantitative estimate of drug-likeness (QED) is 0.925. The van der Waals surface area contributed by atoms with E-state index in [0.717, 1.165) is 5.56 Å². The van der Waals surface area contributed by atoms with Crippen molar-refractivity contribution in [2.75, 3.05) is 0 Å². The van der Waals surface area contributed by atoms with Crippen molar-refractivity contribution in [2.45, 2.75) is 19.4 Å². The SMILES string of the molecule is CC(C)(C(=O)O)n1cc(-c2cccc(Cl)c2)nn1. The number of carboxylic acids is 1. The smallest absolute Gasteiger partial charge is 0.331 e. The van der Waals surface area contributed by atoms with Gasteiger partial charge in [0.05, 0.1) is 6.20 Å². The third-order valence-corrected chi connectivity index (χ3v) is 2.94. The number of carbonyl (C=O) groups is 1. The molecule has 6 heteroatoms. The minimum atomic E-state index is -1.14. The summed E-state index contributed by atoms with van der Waals surface area (Å²) in [6.07, 6.45) is 1.60. The molecule has 0 fully saturated rings. The normalized spacial score (nSPS) is 11.5. The van der Waals surface area contributed by atoms with E-state index >= 15 is 0 Å². The van der Waals surface area contributed by atoms with Gasteiger partial charge < -0.3 is 5.11 Å². The molecule has 0 unspecified atom stereocenters. The van der Waals surface area contributed by atoms with E-state index < -0.39 is 11.5 Å². The monoisotopic (exact) mass is 265 g/mol. The van der Waals surface area contributed by atoms with Gasteiger partial charge in [-0.2, -0.15) is 0 Å². The van der Waals surface area contributed by atoms with E-state index in [-0.39, 0.29) is 0 Å². The van der Waals surface area contributed by atoms with E-state index in [9.17, 15) is 4.79 Å². The van der Waals surface area contributed by atoms with Crippen LogP contribution in [0.15, 0.2) is 30.5 Å². The van der Waals surface area contributed by atoms with Crippen LogP contribution in [0.4, 0.5) is 0 Å². The maximum atomic E-state index is 11.1. The zero-order valence-corrected chi connectivity index (χ0v) is 10.7. The van der Waals surface area contributed by atoms with Gasteiger partial charge >= 0.3 is 5.97 Å². The fourth-order valence-electron chi connectivity index (χ4n) is 1.42. The van der Waals surface area contributed by atoms with Crippen molar-refractivity contribution in [3.05, 3.63) is 35.5 Å². The number of hydrogen-bond donors (Lipinski definition) is 1. The fraction of sp³-hybridized carbons (Fsp3) is 0.250. The second kappa shape index (κ2) is 4.42. The lowest BCUT2D eigenvalue weighted by molar-refractivity contribution is -0.146. The summed E-state index contributed by atoms with van der Waals surface area (Å²) in [6.45, 7) is 3.12. The molecule has 94 valence electrons. The highest BCUT2D eigenvalue weighted by atomic mass is 35.5. The van der Waals surface area contributed by atoms with Gasteiger partial charge in [-0.25, -0.2) is 9.48 Å². The predicted molar refractivity (Wildman–Crippen MR) is 67.4 cm³/mol. The van der Waals surface area contributed by atoms with Gasteiger partial charge in [-0.05, 0) is 26.0 Å². The van der Waals surface area contributed by atoms with Gasteiger partial charge in [0.15, 0.2) is 5.54 Å². The van der Waals surface area contributed by atoms with Crippen molar-refractivity contribution >= 4 is 17.6 Å². The van der Waals surface area contributed by atoms with Gasteiger partial charge in [-0.1, -0.05) is 28.9 Å². The Morgan fingerprint density at radius 3 is 2.78 bits per heavy atom. The Kier molecular flexibility index (Phi) is 3.09. The van der Waals surface area contributed by atoms with Gasteiger partial charge in [0.25, 0.3) is 0 Å². The fourth-order valence-corrected chi connectivity index (χ4v) is 1.61. The van der Waals surface area contributed by atoms with Crippen LogP contribution in [-0.4, -0.2) is 26.1 Å². The highest BCUT2D eigenvalue weighted by molar-refractivity contribution is 6.30. The van der Waals surface area contributed by atoms with Crippen LogP contribution in [-0.2, 0) is 10.3 Å². The van der Waals surface area contributed by atoms with Crippen LogP contribution in [0.5, 0.6) is 0 Å². The first-order valence-corrected chi connectivity index (χ1v) is 5.71. The molecule has 1 aromatic heterocycles. The molecule has 0 atom stereocenters. The molecule has 1 heterocycles. The molecule has 0 bridgehead atoms. The molecular formula is C12H12ClN3O2. The summed E-state index contributed by atoms with van der Waals surface area (Å²) >= 11 is 5.89. The minimum Gasteiger partial charge on any atom is -0.479 e. The lowest BCUT2D eigenvalue weighted by atomic mass is 10.1. The van der Waals surface area contributed by atoms with Crippen molar-refractivity contribution < 1.29 is 9.90 Å². The molecule has 2 rings (SSSR count). The third-order valence-electron chi connectivity index (χ3n) is 2.71. The number of aromatic nitrogens is 3. The average molecular weight is 266 g/mol. The van der Waals surface area contributed by atoms with E-state index in [1.165, 1.54) is 4.68 Å². The Hall–Kier alpha value is -1.88. The Bertz CT molecular complexity index is 593. The zero-order valence-electron chi connectivity index (χ0n) is 9.96. The maximum Gasteiger partial charge on any atom is 0.331 e. The van der Waals surface area contributed by atoms with Crippen LogP contribution in [0.25, 0.3) is 11.3 Å². The molecule has 1 aromatic carbocycles. The highest BCUT2D eigenvalue weighted by Gasteiger charge is 2.30. The number of nitrogens with zero attached hydrogens (tertiary/aromatic N) is 3. The van der Waals surface area contributed by atoms with E-state index in [1.807, 2.05) is 6.07 Å². The van der Waals surface area contributed by atoms with Crippen LogP contribution in [0.1, 0.15) is 13.8 Å². The summed E-state index contributed by atoms with van der Waals surface area (Å²) in [5, 5.41) is 17.5. The van der Waals surface area contributed by atoms with Crippen LogP contribution < -0.4 is 0 Å². The van der Waals surface area contributed by atoms with Crippen molar-refractivity contribution in [1.82, 2.24) is 15.0 Å². The lowest BCUT2D eigenvalue weighted by Gasteiger charge is -2.18. The van der Waals surface area contributed by atoms with Gasteiger partial charge in [-0.15, -0.1) is 5.10 Å². The molecular weight excluding hydrogens is 254 g/mol. The number of halogens is 1. The van der Waals surface area contributed by atoms with Gasteiger partial charge in [-0.3, -0.25) is 0 Å². The predicted octanol–water partition coefficient (Wildman–Crippen LogP) is 2.42. The second-order valence-electron chi connectivity index (χ2n) is 4.42. The van der Waals surface area contributed by atoms with Crippen molar-refractivity contribution in [3.63, 3.8) is 0 Å². The standard InChI is InChI=1S/C12H12ClN3O2/c1-12(2,11(17)18)16-7-10(14-15-16)8-4-3-5-9(13)6-8/h3-7H,1-2H3,(H,17,18). The first-order chi connectivity index (χ1) is 8.41. The summed E-state index contributed by atoms with van der Waals surface area (Å²) in [5.74, 6) is -0.968. The van der Waals surface area contributed by atoms with Crippen molar-refractivity contribution in [3.8, 4) is 11.3 Å². The first-order valence-electron chi connectivity index (χ1n) is 5.33. The van der Waals surface area contributed by atoms with Crippen LogP contribution in [0, 0.1) is 0 Å². The number of hydrogen-bond acceptors (Lipinski definition) is 3. The van der Waals surface area contributed by atoms with Crippen molar-refractivity contribution in [1.29, 1.82) is 0 Å². The Morgan fingerprint density at radius 2 is 2.17 bits per heavy atom. The molecule has 0 spiro atoms. The second-order valence-corrected chi connectivity index (χ2v) is 4.86. The molecule has 0 radical (unpaired) electrons. The number of benzene rings is 1. The average Bonchev–Trinajstić information content (AvgIpc) is 2.78. The molecule has 0 amide bonds. The highest BCUT2D eigenvalue weighted by Crippen LogP contribution is 2.22. The summed E-state index contributed by atoms with van der Waals surface area (Å²) < 4.78 is 1.32. The molecule has 5 nitrogen and oxygen atoms in total. The molecule has 18 heavy (non-hydrogen) atoms. The van der Waals surface area contributed by atoms with Gasteiger partial charge in [0.1, 0.15) is 5.69 Å². The first kappa shape index (κ1) is 12.6. The van der Waals surface area contributed by atoms with E-state index in [2.05, 4.69) is 10.3 Å². The Balaban J connectivity index is 2.40. The lowest BCUT2D eigenvalue weighted by Crippen LogP contribution is -2.36. The van der Waals surface area contributed by atoms with E-state index in [0.29, 0.717) is 10.7 Å². The van der Waals surface area contributed by atoms with E-state index in [4.69, 9.17) is 16.7 Å². The molecule has 0 saturated carbocycles. The largest absolute Gasteiger partial charge is 0.479 e. The number of carboxylic acid groups (broad SMARTS) is 1. The van der Waals surface area contributed by atoms with Crippen molar-refractivity contribution in [2.24, 2.45) is 0 Å². The molecule has 0 saturated heterocycles. The van der Waals surface area contributed by atoms with Crippen LogP contribution in [0.3, 0.4) is 0 Å². The van der Waals surface area contributed by atoms with E-state index in [1.54, 1.807) is 38.2 Å². The molecule has 2 aromatic rings. The Labute approximate surface area is 109 Å². The topological polar surface area (TPSA) is 68.0 Å². The third kappa shape index (κ3) is 2.22. The maximum absolute atomic E-state index is 11.1. The number of aliphatic carboxylic acids is 1. The van der Waals surface area contributed by atoms with Gasteiger partial charge in [0.2, 0.25) is 0 Å². The molecule has 1 N–H and O–H groups in total. The van der Waals surface area contributed by atoms with Crippen LogP contribution in [0.2, 0.25) is 5.02 Å². The number of rotatable bonds is 3. The summed E-state index contributed by atoms with van der Waals surface area (Å²) in [7, 11) is 0. The molecule has 0 aliphatic carbocycles. The minimum absolute atomic E-state index is 0.590. The Morgan fingerprint density at radius 1 is 1.44 bits per heavy atom.